The first-order valence-corrected chi connectivity index (χ1v) is 7.47. The van der Waals surface area contributed by atoms with E-state index < -0.39 is 24.4 Å². The molecule has 2 N–H and O–H groups in total. The molecule has 1 atom stereocenters. The van der Waals surface area contributed by atoms with Gasteiger partial charge in [-0.3, -0.25) is 9.59 Å². The highest BCUT2D eigenvalue weighted by molar-refractivity contribution is 6.35. The summed E-state index contributed by atoms with van der Waals surface area (Å²) in [6, 6.07) is 4.34. The van der Waals surface area contributed by atoms with Gasteiger partial charge < -0.3 is 20.0 Å². The molecule has 0 radical (unpaired) electrons. The van der Waals surface area contributed by atoms with Gasteiger partial charge in [0.15, 0.2) is 0 Å². The summed E-state index contributed by atoms with van der Waals surface area (Å²) in [5.41, 5.74) is 2.61. The Morgan fingerprint density at radius 3 is 2.67 bits per heavy atom. The van der Waals surface area contributed by atoms with E-state index in [2.05, 4.69) is 15.8 Å². The molecule has 0 aliphatic carbocycles. The largest absolute Gasteiger partial charge is 0.546 e. The second kappa shape index (κ2) is 9.51. The number of hydrogen-bond acceptors (Lipinski definition) is 6. The number of halogens is 1. The van der Waals surface area contributed by atoms with E-state index in [1.807, 2.05) is 6.92 Å². The number of carbonyl (C=O) groups is 3. The van der Waals surface area contributed by atoms with Crippen molar-refractivity contribution in [2.24, 2.45) is 5.10 Å². The normalized spacial score (nSPS) is 11.8. The Balaban J connectivity index is 2.58. The van der Waals surface area contributed by atoms with Gasteiger partial charge in [-0.1, -0.05) is 18.5 Å². The number of amides is 2. The molecule has 0 spiro atoms. The molecule has 0 aliphatic rings. The predicted molar refractivity (Wildman–Crippen MR) is 85.6 cm³/mol. The molecule has 1 aromatic rings. The first-order valence-electron chi connectivity index (χ1n) is 7.09. The second-order valence-corrected chi connectivity index (χ2v) is 5.24. The van der Waals surface area contributed by atoms with Crippen LogP contribution in [0.15, 0.2) is 23.3 Å². The van der Waals surface area contributed by atoms with Crippen LogP contribution in [0, 0.1) is 0 Å². The maximum absolute atomic E-state index is 11.5. The minimum atomic E-state index is -1.37. The molecule has 0 saturated heterocycles. The lowest BCUT2D eigenvalue weighted by molar-refractivity contribution is -0.307. The van der Waals surface area contributed by atoms with Crippen molar-refractivity contribution in [1.82, 2.24) is 10.7 Å². The van der Waals surface area contributed by atoms with E-state index in [9.17, 15) is 19.5 Å². The van der Waals surface area contributed by atoms with Gasteiger partial charge in [-0.2, -0.15) is 5.10 Å². The van der Waals surface area contributed by atoms with Gasteiger partial charge in [0, 0.05) is 6.04 Å². The van der Waals surface area contributed by atoms with Gasteiger partial charge in [0.1, 0.15) is 12.4 Å². The summed E-state index contributed by atoms with van der Waals surface area (Å²) in [6.45, 7) is 3.04. The molecule has 0 saturated carbocycles. The van der Waals surface area contributed by atoms with Crippen molar-refractivity contribution in [1.29, 1.82) is 0 Å². The van der Waals surface area contributed by atoms with Crippen molar-refractivity contribution in [2.45, 2.75) is 26.3 Å². The molecule has 130 valence electrons. The fourth-order valence-corrected chi connectivity index (χ4v) is 1.70. The summed E-state index contributed by atoms with van der Waals surface area (Å²) < 4.78 is 4.91. The second-order valence-electron chi connectivity index (χ2n) is 4.83. The monoisotopic (exact) mass is 354 g/mol. The molecule has 1 rings (SSSR count). The van der Waals surface area contributed by atoms with Crippen LogP contribution in [0.25, 0.3) is 0 Å². The lowest BCUT2D eigenvalue weighted by Crippen LogP contribution is -2.41. The number of nitrogens with one attached hydrogen (secondary N) is 2. The predicted octanol–water partition coefficient (Wildman–Crippen LogP) is -0.166. The highest BCUT2D eigenvalue weighted by Gasteiger charge is 2.14. The van der Waals surface area contributed by atoms with Crippen LogP contribution >= 0.6 is 11.6 Å². The number of rotatable bonds is 7. The quantitative estimate of drug-likeness (QED) is 0.400. The van der Waals surface area contributed by atoms with Crippen molar-refractivity contribution >= 4 is 35.6 Å². The Hall–Kier alpha value is -2.61. The first-order chi connectivity index (χ1) is 11.3. The zero-order valence-corrected chi connectivity index (χ0v) is 13.9. The summed E-state index contributed by atoms with van der Waals surface area (Å²) in [7, 11) is 0. The molecule has 0 fully saturated rings. The maximum Gasteiger partial charge on any atom is 0.329 e. The van der Waals surface area contributed by atoms with Crippen LogP contribution in [-0.2, 0) is 14.4 Å². The maximum atomic E-state index is 11.5. The SMILES string of the molecule is CC[C@@H](C)NC(=O)C(=O)N/N=C\c1ccc(OCC(=O)[O-])c(Cl)c1. The average molecular weight is 355 g/mol. The molecule has 24 heavy (non-hydrogen) atoms. The highest BCUT2D eigenvalue weighted by atomic mass is 35.5. The molecular formula is C15H17ClN3O5-. The number of carboxylic acid groups (broad SMARTS) is 1. The minimum absolute atomic E-state index is 0.111. The molecule has 8 nitrogen and oxygen atoms in total. The third-order valence-corrected chi connectivity index (χ3v) is 3.17. The van der Waals surface area contributed by atoms with Gasteiger partial charge in [-0.25, -0.2) is 5.43 Å². The Bertz CT molecular complexity index is 648. The Morgan fingerprint density at radius 1 is 1.38 bits per heavy atom. The zero-order valence-electron chi connectivity index (χ0n) is 13.2. The lowest BCUT2D eigenvalue weighted by atomic mass is 10.2. The number of benzene rings is 1. The van der Waals surface area contributed by atoms with Crippen LogP contribution in [0.1, 0.15) is 25.8 Å². The van der Waals surface area contributed by atoms with Gasteiger partial charge in [0.05, 0.1) is 17.2 Å². The highest BCUT2D eigenvalue weighted by Crippen LogP contribution is 2.24. The fourth-order valence-electron chi connectivity index (χ4n) is 1.46. The van der Waals surface area contributed by atoms with Crippen molar-refractivity contribution in [3.8, 4) is 5.75 Å². The van der Waals surface area contributed by atoms with Crippen LogP contribution in [0.4, 0.5) is 0 Å². The van der Waals surface area contributed by atoms with E-state index in [-0.39, 0.29) is 16.8 Å². The first kappa shape index (κ1) is 19.4. The van der Waals surface area contributed by atoms with E-state index in [4.69, 9.17) is 16.3 Å². The minimum Gasteiger partial charge on any atom is -0.546 e. The van der Waals surface area contributed by atoms with Crippen LogP contribution in [0.5, 0.6) is 5.75 Å². The van der Waals surface area contributed by atoms with E-state index >= 15 is 0 Å². The topological polar surface area (TPSA) is 120 Å². The molecule has 0 heterocycles. The molecule has 0 aromatic heterocycles. The van der Waals surface area contributed by atoms with Gasteiger partial charge in [-0.15, -0.1) is 0 Å². The molecule has 9 heteroatoms. The van der Waals surface area contributed by atoms with Gasteiger partial charge in [0.25, 0.3) is 0 Å². The number of nitrogens with zero attached hydrogens (tertiary/aromatic N) is 1. The third-order valence-electron chi connectivity index (χ3n) is 2.88. The Kier molecular flexibility index (Phi) is 7.70. The van der Waals surface area contributed by atoms with Gasteiger partial charge in [0.2, 0.25) is 0 Å². The summed E-state index contributed by atoms with van der Waals surface area (Å²) in [5, 5.41) is 16.6. The van der Waals surface area contributed by atoms with Gasteiger partial charge in [-0.05, 0) is 37.1 Å². The van der Waals surface area contributed by atoms with Crippen molar-refractivity contribution < 1.29 is 24.2 Å². The van der Waals surface area contributed by atoms with Crippen molar-refractivity contribution in [3.63, 3.8) is 0 Å². The summed E-state index contributed by atoms with van der Waals surface area (Å²) in [5.74, 6) is -2.85. The van der Waals surface area contributed by atoms with Crippen molar-refractivity contribution in [3.05, 3.63) is 28.8 Å². The van der Waals surface area contributed by atoms with E-state index in [0.29, 0.717) is 12.0 Å². The number of carboxylic acids is 1. The lowest BCUT2D eigenvalue weighted by Gasteiger charge is -2.09. The van der Waals surface area contributed by atoms with Crippen LogP contribution in [0.3, 0.4) is 0 Å². The molecule has 2 amide bonds. The molecule has 0 bridgehead atoms. The smallest absolute Gasteiger partial charge is 0.329 e. The fraction of sp³-hybridized carbons (Fsp3) is 0.333. The van der Waals surface area contributed by atoms with Crippen LogP contribution in [-0.4, -0.2) is 36.6 Å². The summed E-state index contributed by atoms with van der Waals surface area (Å²) >= 11 is 5.93. The van der Waals surface area contributed by atoms with Crippen LogP contribution in [0.2, 0.25) is 5.02 Å². The summed E-state index contributed by atoms with van der Waals surface area (Å²) in [6.07, 6.45) is 1.98. The van der Waals surface area contributed by atoms with E-state index in [1.165, 1.54) is 18.3 Å². The number of hydrazone groups is 1. The Morgan fingerprint density at radius 2 is 2.08 bits per heavy atom. The Labute approximate surface area is 143 Å². The van der Waals surface area contributed by atoms with Crippen molar-refractivity contribution in [2.75, 3.05) is 6.61 Å². The van der Waals surface area contributed by atoms with E-state index in [1.54, 1.807) is 13.0 Å². The van der Waals surface area contributed by atoms with Gasteiger partial charge >= 0.3 is 11.8 Å². The number of ether oxygens (including phenoxy) is 1. The number of aliphatic carboxylic acids is 1. The number of carbonyl (C=O) groups excluding carboxylic acids is 3. The van der Waals surface area contributed by atoms with Crippen LogP contribution < -0.4 is 20.6 Å². The third kappa shape index (κ3) is 6.66. The molecule has 0 aliphatic heterocycles. The standard InChI is InChI=1S/C15H18ClN3O5/c1-3-9(2)18-14(22)15(23)19-17-7-10-4-5-12(11(16)6-10)24-8-13(20)21/h4-7,9H,3,8H2,1-2H3,(H,18,22)(H,19,23)(H,20,21)/p-1/b17-7-/t9-/m1/s1. The summed E-state index contributed by atoms with van der Waals surface area (Å²) in [4.78, 5) is 33.3. The average Bonchev–Trinajstić information content (AvgIpc) is 2.53. The zero-order chi connectivity index (χ0) is 18.1. The number of hydrogen-bond donors (Lipinski definition) is 2. The van der Waals surface area contributed by atoms with E-state index in [0.717, 1.165) is 0 Å². The molecular weight excluding hydrogens is 338 g/mol. The molecule has 0 unspecified atom stereocenters. The molecule has 1 aromatic carbocycles.